The Morgan fingerprint density at radius 3 is 2.20 bits per heavy atom. The van der Waals surface area contributed by atoms with Crippen LogP contribution in [0, 0.1) is 6.92 Å². The first-order chi connectivity index (χ1) is 19.1. The van der Waals surface area contributed by atoms with Gasteiger partial charge in [-0.2, -0.15) is 0 Å². The molecule has 0 aliphatic heterocycles. The van der Waals surface area contributed by atoms with Crippen molar-refractivity contribution in [2.45, 2.75) is 52.1 Å². The van der Waals surface area contributed by atoms with Gasteiger partial charge in [0, 0.05) is 36.9 Å². The van der Waals surface area contributed by atoms with Crippen molar-refractivity contribution < 1.29 is 18.0 Å². The summed E-state index contributed by atoms with van der Waals surface area (Å²) in [6, 6.07) is 23.9. The van der Waals surface area contributed by atoms with Crippen molar-refractivity contribution in [3.8, 4) is 0 Å². The number of nitrogens with zero attached hydrogens (tertiary/aromatic N) is 2. The molecule has 2 amide bonds. The number of anilines is 1. The molecule has 40 heavy (non-hydrogen) atoms. The fraction of sp³-hybridized carbons (Fsp3) is 0.355. The van der Waals surface area contributed by atoms with Crippen molar-refractivity contribution >= 4 is 43.5 Å². The lowest BCUT2D eigenvalue weighted by molar-refractivity contribution is -0.141. The number of hydrogen-bond donors (Lipinski definition) is 1. The van der Waals surface area contributed by atoms with E-state index < -0.39 is 16.1 Å². The van der Waals surface area contributed by atoms with E-state index in [1.54, 1.807) is 17.0 Å². The minimum atomic E-state index is -3.55. The standard InChI is InChI=1S/C31H38BrN3O4S/c1-4-20-33-31(37)29(22-25-12-6-5-7-13-25)34(23-26-16-18-27(32)19-17-26)30(36)15-10-21-35(40(3,38)39)28-14-9-8-11-24(28)2/h5-9,11-14,16-19,29H,4,10,15,20-23H2,1-3H3,(H,33,37). The first kappa shape index (κ1) is 31.4. The molecule has 0 fully saturated rings. The van der Waals surface area contributed by atoms with E-state index in [1.165, 1.54) is 10.6 Å². The van der Waals surface area contributed by atoms with E-state index in [4.69, 9.17) is 0 Å². The molecule has 3 rings (SSSR count). The molecule has 0 spiro atoms. The second-order valence-corrected chi connectivity index (χ2v) is 12.7. The van der Waals surface area contributed by atoms with Gasteiger partial charge in [0.1, 0.15) is 6.04 Å². The summed E-state index contributed by atoms with van der Waals surface area (Å²) in [5.41, 5.74) is 3.29. The van der Waals surface area contributed by atoms with Gasteiger partial charge in [-0.3, -0.25) is 13.9 Å². The molecule has 0 aliphatic carbocycles. The topological polar surface area (TPSA) is 86.8 Å². The Balaban J connectivity index is 1.87. The fourth-order valence-electron chi connectivity index (χ4n) is 4.53. The lowest BCUT2D eigenvalue weighted by Crippen LogP contribution is -2.50. The summed E-state index contributed by atoms with van der Waals surface area (Å²) < 4.78 is 27.5. The number of hydrogen-bond acceptors (Lipinski definition) is 4. The number of para-hydroxylation sites is 1. The Labute approximate surface area is 246 Å². The van der Waals surface area contributed by atoms with E-state index in [1.807, 2.05) is 80.6 Å². The summed E-state index contributed by atoms with van der Waals surface area (Å²) in [5.74, 6) is -0.400. The number of carbonyl (C=O) groups excluding carboxylic acids is 2. The second-order valence-electron chi connectivity index (χ2n) is 9.87. The van der Waals surface area contributed by atoms with Crippen LogP contribution in [0.1, 0.15) is 42.9 Å². The molecule has 3 aromatic rings. The fourth-order valence-corrected chi connectivity index (χ4v) is 5.82. The van der Waals surface area contributed by atoms with Gasteiger partial charge in [-0.05, 0) is 54.7 Å². The van der Waals surface area contributed by atoms with Gasteiger partial charge in [0.2, 0.25) is 21.8 Å². The van der Waals surface area contributed by atoms with E-state index >= 15 is 0 Å². The van der Waals surface area contributed by atoms with Crippen LogP contribution in [0.25, 0.3) is 0 Å². The third-order valence-corrected chi connectivity index (χ3v) is 8.33. The highest BCUT2D eigenvalue weighted by molar-refractivity contribution is 9.10. The van der Waals surface area contributed by atoms with Crippen LogP contribution in [0.15, 0.2) is 83.3 Å². The number of aryl methyl sites for hydroxylation is 1. The van der Waals surface area contributed by atoms with E-state index in [2.05, 4.69) is 21.2 Å². The molecule has 3 aromatic carbocycles. The number of halogens is 1. The van der Waals surface area contributed by atoms with Crippen LogP contribution in [0.3, 0.4) is 0 Å². The molecule has 1 N–H and O–H groups in total. The summed E-state index contributed by atoms with van der Waals surface area (Å²) >= 11 is 3.46. The van der Waals surface area contributed by atoms with Crippen LogP contribution in [0.4, 0.5) is 5.69 Å². The molecule has 7 nitrogen and oxygen atoms in total. The van der Waals surface area contributed by atoms with Crippen LogP contribution in [0.5, 0.6) is 0 Å². The quantitative estimate of drug-likeness (QED) is 0.257. The summed E-state index contributed by atoms with van der Waals surface area (Å²) in [5, 5.41) is 2.98. The molecular weight excluding hydrogens is 590 g/mol. The Hall–Kier alpha value is -3.17. The van der Waals surface area contributed by atoms with Gasteiger partial charge in [-0.25, -0.2) is 8.42 Å². The normalized spacial score (nSPS) is 12.0. The van der Waals surface area contributed by atoms with E-state index in [0.29, 0.717) is 25.1 Å². The highest BCUT2D eigenvalue weighted by Crippen LogP contribution is 2.23. The molecule has 0 bridgehead atoms. The van der Waals surface area contributed by atoms with Crippen LogP contribution >= 0.6 is 15.9 Å². The van der Waals surface area contributed by atoms with Crippen LogP contribution in [-0.2, 0) is 32.6 Å². The predicted octanol–water partition coefficient (Wildman–Crippen LogP) is 5.47. The molecule has 0 heterocycles. The molecule has 214 valence electrons. The zero-order chi connectivity index (χ0) is 29.1. The number of carbonyl (C=O) groups is 2. The van der Waals surface area contributed by atoms with Crippen molar-refractivity contribution in [2.24, 2.45) is 0 Å². The highest BCUT2D eigenvalue weighted by Gasteiger charge is 2.30. The van der Waals surface area contributed by atoms with E-state index in [0.717, 1.165) is 27.6 Å². The average Bonchev–Trinajstić information content (AvgIpc) is 2.93. The SMILES string of the molecule is CCCNC(=O)C(Cc1ccccc1)N(Cc1ccc(Br)cc1)C(=O)CCCN(c1ccccc1C)S(C)(=O)=O. The van der Waals surface area contributed by atoms with Crippen LogP contribution < -0.4 is 9.62 Å². The summed E-state index contributed by atoms with van der Waals surface area (Å²) in [6.45, 7) is 4.79. The van der Waals surface area contributed by atoms with Crippen molar-refractivity contribution in [3.63, 3.8) is 0 Å². The van der Waals surface area contributed by atoms with Crippen molar-refractivity contribution in [3.05, 3.63) is 100 Å². The molecule has 0 radical (unpaired) electrons. The highest BCUT2D eigenvalue weighted by atomic mass is 79.9. The Morgan fingerprint density at radius 2 is 1.57 bits per heavy atom. The zero-order valence-electron chi connectivity index (χ0n) is 23.3. The maximum Gasteiger partial charge on any atom is 0.243 e. The largest absolute Gasteiger partial charge is 0.354 e. The molecular formula is C31H38BrN3O4S. The molecule has 0 aromatic heterocycles. The summed E-state index contributed by atoms with van der Waals surface area (Å²) in [6.07, 6.45) is 2.74. The van der Waals surface area contributed by atoms with E-state index in [-0.39, 0.29) is 31.3 Å². The maximum absolute atomic E-state index is 13.8. The van der Waals surface area contributed by atoms with Gasteiger partial charge < -0.3 is 10.2 Å². The van der Waals surface area contributed by atoms with Crippen molar-refractivity contribution in [2.75, 3.05) is 23.7 Å². The number of sulfonamides is 1. The van der Waals surface area contributed by atoms with Gasteiger partial charge in [0.25, 0.3) is 0 Å². The average molecular weight is 629 g/mol. The summed E-state index contributed by atoms with van der Waals surface area (Å²) in [7, 11) is -3.55. The molecule has 0 saturated carbocycles. The van der Waals surface area contributed by atoms with Gasteiger partial charge in [0.05, 0.1) is 11.9 Å². The molecule has 1 atom stereocenters. The number of rotatable bonds is 14. The van der Waals surface area contributed by atoms with E-state index in [9.17, 15) is 18.0 Å². The number of nitrogens with one attached hydrogen (secondary N) is 1. The second kappa shape index (κ2) is 15.0. The lowest BCUT2D eigenvalue weighted by atomic mass is 10.0. The van der Waals surface area contributed by atoms with Gasteiger partial charge in [-0.15, -0.1) is 0 Å². The minimum absolute atomic E-state index is 0.0980. The summed E-state index contributed by atoms with van der Waals surface area (Å²) in [4.78, 5) is 28.9. The molecule has 1 unspecified atom stereocenters. The van der Waals surface area contributed by atoms with Gasteiger partial charge in [-0.1, -0.05) is 83.5 Å². The third-order valence-electron chi connectivity index (χ3n) is 6.62. The van der Waals surface area contributed by atoms with Crippen molar-refractivity contribution in [1.29, 1.82) is 0 Å². The molecule has 0 saturated heterocycles. The Kier molecular flexibility index (Phi) is 11.8. The number of benzene rings is 3. The third kappa shape index (κ3) is 9.20. The van der Waals surface area contributed by atoms with Gasteiger partial charge in [0.15, 0.2) is 0 Å². The first-order valence-corrected chi connectivity index (χ1v) is 16.1. The lowest BCUT2D eigenvalue weighted by Gasteiger charge is -2.32. The number of amides is 2. The molecule has 0 aliphatic rings. The monoisotopic (exact) mass is 627 g/mol. The Morgan fingerprint density at radius 1 is 0.925 bits per heavy atom. The van der Waals surface area contributed by atoms with Crippen LogP contribution in [-0.4, -0.2) is 50.5 Å². The van der Waals surface area contributed by atoms with Crippen LogP contribution in [0.2, 0.25) is 0 Å². The minimum Gasteiger partial charge on any atom is -0.354 e. The Bertz CT molecular complexity index is 1360. The van der Waals surface area contributed by atoms with Gasteiger partial charge >= 0.3 is 0 Å². The molecule has 9 heteroatoms. The zero-order valence-corrected chi connectivity index (χ0v) is 25.7. The predicted molar refractivity (Wildman–Crippen MR) is 165 cm³/mol. The maximum atomic E-state index is 13.8. The first-order valence-electron chi connectivity index (χ1n) is 13.5. The van der Waals surface area contributed by atoms with Crippen molar-refractivity contribution in [1.82, 2.24) is 10.2 Å². The smallest absolute Gasteiger partial charge is 0.243 e.